The fourth-order valence-corrected chi connectivity index (χ4v) is 5.48. The molecule has 5 nitrogen and oxygen atoms in total. The quantitative estimate of drug-likeness (QED) is 0.566. The minimum Gasteiger partial charge on any atom is -0.355 e. The van der Waals surface area contributed by atoms with E-state index in [0.717, 1.165) is 22.9 Å². The Morgan fingerprint density at radius 2 is 1.84 bits per heavy atom. The van der Waals surface area contributed by atoms with Gasteiger partial charge in [0.1, 0.15) is 6.23 Å². The average molecular weight is 417 g/mol. The number of ketones is 1. The summed E-state index contributed by atoms with van der Waals surface area (Å²) in [5, 5.41) is 1.07. The van der Waals surface area contributed by atoms with Crippen molar-refractivity contribution in [2.24, 2.45) is 18.9 Å². The van der Waals surface area contributed by atoms with Crippen LogP contribution in [0.2, 0.25) is 0 Å². The maximum Gasteiger partial charge on any atom is 0.225 e. The number of fused-ring (bicyclic) bond motifs is 2. The van der Waals surface area contributed by atoms with Gasteiger partial charge in [-0.1, -0.05) is 55.5 Å². The number of hydrogen-bond donors (Lipinski definition) is 0. The fourth-order valence-electron chi connectivity index (χ4n) is 5.48. The van der Waals surface area contributed by atoms with Crippen LogP contribution in [0.15, 0.2) is 60.7 Å². The van der Waals surface area contributed by atoms with Gasteiger partial charge in [-0.15, -0.1) is 0 Å². The zero-order chi connectivity index (χ0) is 21.5. The van der Waals surface area contributed by atoms with Crippen LogP contribution in [0, 0.1) is 11.8 Å². The van der Waals surface area contributed by atoms with Crippen LogP contribution >= 0.6 is 0 Å². The molecule has 0 radical (unpaired) electrons. The number of para-hydroxylation sites is 1. The Kier molecular flexibility index (Phi) is 5.14. The lowest BCUT2D eigenvalue weighted by atomic mass is 9.78. The van der Waals surface area contributed by atoms with E-state index in [2.05, 4.69) is 19.1 Å². The number of carbonyl (C=O) groups is 2. The molecule has 2 saturated heterocycles. The number of ether oxygens (including phenoxy) is 1. The molecule has 2 aliphatic heterocycles. The van der Waals surface area contributed by atoms with Gasteiger partial charge in [-0.2, -0.15) is 0 Å². The molecule has 4 atom stereocenters. The standard InChI is InChI=1S/C26H28N2O3/c1-3-20-19(14-24(29)22-13-18-11-7-8-12-21(18)27(22)2)15-25(30)28-23(16-31-26(20)28)17-9-5-4-6-10-17/h4-13,19-20,23,26H,3,14-16H2,1-2H3/t19-,20-,23-,26+/m0/s1. The van der Waals surface area contributed by atoms with Crippen molar-refractivity contribution >= 4 is 22.6 Å². The number of hydrogen-bond acceptors (Lipinski definition) is 3. The lowest BCUT2D eigenvalue weighted by Crippen LogP contribution is -2.50. The summed E-state index contributed by atoms with van der Waals surface area (Å²) in [5.74, 6) is 0.348. The SMILES string of the molecule is CC[C@H]1[C@@H](CC(=O)c2cc3ccccc3n2C)CC(=O)N2[C@@H]1OC[C@H]2c1ccccc1. The smallest absolute Gasteiger partial charge is 0.225 e. The van der Waals surface area contributed by atoms with Crippen LogP contribution in [-0.4, -0.2) is 34.0 Å². The van der Waals surface area contributed by atoms with Crippen LogP contribution in [0.5, 0.6) is 0 Å². The average Bonchev–Trinajstić information content (AvgIpc) is 3.37. The first kappa shape index (κ1) is 20.0. The molecule has 0 unspecified atom stereocenters. The van der Waals surface area contributed by atoms with Crippen LogP contribution in [0.4, 0.5) is 0 Å². The molecule has 31 heavy (non-hydrogen) atoms. The van der Waals surface area contributed by atoms with Crippen LogP contribution in [-0.2, 0) is 16.6 Å². The van der Waals surface area contributed by atoms with Crippen LogP contribution < -0.4 is 0 Å². The van der Waals surface area contributed by atoms with E-state index in [4.69, 9.17) is 4.74 Å². The normalized spacial score (nSPS) is 25.7. The minimum atomic E-state index is -0.248. The first-order valence-electron chi connectivity index (χ1n) is 11.1. The highest BCUT2D eigenvalue weighted by atomic mass is 16.5. The number of rotatable bonds is 5. The summed E-state index contributed by atoms with van der Waals surface area (Å²) in [6.45, 7) is 2.65. The van der Waals surface area contributed by atoms with Gasteiger partial charge in [-0.05, 0) is 30.0 Å². The highest BCUT2D eigenvalue weighted by Gasteiger charge is 2.49. The Hall–Kier alpha value is -2.92. The summed E-state index contributed by atoms with van der Waals surface area (Å²) in [6.07, 6.45) is 1.40. The monoisotopic (exact) mass is 416 g/mol. The Morgan fingerprint density at radius 1 is 1.10 bits per heavy atom. The first-order valence-corrected chi connectivity index (χ1v) is 11.1. The summed E-state index contributed by atoms with van der Waals surface area (Å²) in [4.78, 5) is 28.4. The molecule has 0 bridgehead atoms. The molecular weight excluding hydrogens is 388 g/mol. The van der Waals surface area contributed by atoms with Crippen molar-refractivity contribution in [1.82, 2.24) is 9.47 Å². The van der Waals surface area contributed by atoms with E-state index in [0.29, 0.717) is 25.1 Å². The van der Waals surface area contributed by atoms with E-state index < -0.39 is 0 Å². The first-order chi connectivity index (χ1) is 15.1. The topological polar surface area (TPSA) is 51.5 Å². The minimum absolute atomic E-state index is 0.00112. The van der Waals surface area contributed by atoms with Crippen molar-refractivity contribution in [1.29, 1.82) is 0 Å². The molecule has 1 amide bonds. The zero-order valence-corrected chi connectivity index (χ0v) is 18.0. The van der Waals surface area contributed by atoms with Gasteiger partial charge in [-0.3, -0.25) is 9.59 Å². The summed E-state index contributed by atoms with van der Waals surface area (Å²) in [7, 11) is 1.94. The molecule has 0 saturated carbocycles. The zero-order valence-electron chi connectivity index (χ0n) is 18.0. The van der Waals surface area contributed by atoms with Crippen molar-refractivity contribution < 1.29 is 14.3 Å². The molecule has 3 heterocycles. The van der Waals surface area contributed by atoms with Crippen molar-refractivity contribution in [2.75, 3.05) is 6.61 Å². The molecule has 160 valence electrons. The number of nitrogens with zero attached hydrogens (tertiary/aromatic N) is 2. The number of aromatic nitrogens is 1. The van der Waals surface area contributed by atoms with Gasteiger partial charge >= 0.3 is 0 Å². The molecule has 0 spiro atoms. The summed E-state index contributed by atoms with van der Waals surface area (Å²) >= 11 is 0. The van der Waals surface area contributed by atoms with Gasteiger partial charge in [0, 0.05) is 36.7 Å². The van der Waals surface area contributed by atoms with Crippen LogP contribution in [0.25, 0.3) is 10.9 Å². The Morgan fingerprint density at radius 3 is 2.58 bits per heavy atom. The Bertz CT molecular complexity index is 1120. The second-order valence-corrected chi connectivity index (χ2v) is 8.76. The molecule has 2 aliphatic rings. The molecule has 3 aromatic rings. The number of amides is 1. The van der Waals surface area contributed by atoms with E-state index >= 15 is 0 Å². The Labute approximate surface area is 182 Å². The number of aryl methyl sites for hydroxylation is 1. The van der Waals surface area contributed by atoms with E-state index in [1.165, 1.54) is 0 Å². The third-order valence-corrected chi connectivity index (χ3v) is 7.07. The van der Waals surface area contributed by atoms with Crippen LogP contribution in [0.1, 0.15) is 48.3 Å². The predicted molar refractivity (Wildman–Crippen MR) is 120 cm³/mol. The van der Waals surface area contributed by atoms with E-state index in [1.54, 1.807) is 0 Å². The number of piperidine rings is 1. The van der Waals surface area contributed by atoms with E-state index in [1.807, 2.05) is 65.0 Å². The molecule has 2 aromatic carbocycles. The van der Waals surface area contributed by atoms with Gasteiger partial charge in [0.15, 0.2) is 5.78 Å². The highest BCUT2D eigenvalue weighted by molar-refractivity contribution is 6.00. The van der Waals surface area contributed by atoms with Crippen molar-refractivity contribution in [3.8, 4) is 0 Å². The van der Waals surface area contributed by atoms with Crippen molar-refractivity contribution in [2.45, 2.75) is 38.5 Å². The lowest BCUT2D eigenvalue weighted by Gasteiger charge is -2.42. The maximum absolute atomic E-state index is 13.3. The maximum atomic E-state index is 13.3. The third-order valence-electron chi connectivity index (χ3n) is 7.07. The molecular formula is C26H28N2O3. The van der Waals surface area contributed by atoms with Gasteiger partial charge in [0.05, 0.1) is 18.3 Å². The molecule has 5 rings (SSSR count). The molecule has 1 aromatic heterocycles. The molecule has 0 N–H and O–H groups in total. The van der Waals surface area contributed by atoms with Gasteiger partial charge in [0.25, 0.3) is 0 Å². The number of benzene rings is 2. The highest BCUT2D eigenvalue weighted by Crippen LogP contribution is 2.43. The second-order valence-electron chi connectivity index (χ2n) is 8.76. The third kappa shape index (κ3) is 3.37. The van der Waals surface area contributed by atoms with Crippen LogP contribution in [0.3, 0.4) is 0 Å². The molecule has 5 heteroatoms. The van der Waals surface area contributed by atoms with Gasteiger partial charge < -0.3 is 14.2 Å². The fraction of sp³-hybridized carbons (Fsp3) is 0.385. The Balaban J connectivity index is 1.38. The van der Waals surface area contributed by atoms with E-state index in [9.17, 15) is 9.59 Å². The summed E-state index contributed by atoms with van der Waals surface area (Å²) in [6, 6.07) is 20.0. The molecule has 2 fully saturated rings. The number of Topliss-reactive ketones (excluding diaryl/α,β-unsaturated/α-hetero) is 1. The second kappa shape index (κ2) is 7.97. The summed E-state index contributed by atoms with van der Waals surface area (Å²) in [5.41, 5.74) is 2.87. The van der Waals surface area contributed by atoms with E-state index in [-0.39, 0.29) is 35.8 Å². The largest absolute Gasteiger partial charge is 0.355 e. The predicted octanol–water partition coefficient (Wildman–Crippen LogP) is 4.72. The summed E-state index contributed by atoms with van der Waals surface area (Å²) < 4.78 is 8.14. The van der Waals surface area contributed by atoms with Crippen molar-refractivity contribution in [3.05, 3.63) is 71.9 Å². The van der Waals surface area contributed by atoms with Gasteiger partial charge in [-0.25, -0.2) is 0 Å². The van der Waals surface area contributed by atoms with Crippen molar-refractivity contribution in [3.63, 3.8) is 0 Å². The lowest BCUT2D eigenvalue weighted by molar-refractivity contribution is -0.152. The molecule has 0 aliphatic carbocycles. The number of carbonyl (C=O) groups excluding carboxylic acids is 2. The van der Waals surface area contributed by atoms with Gasteiger partial charge in [0.2, 0.25) is 5.91 Å².